The minimum absolute atomic E-state index is 0.146. The van der Waals surface area contributed by atoms with Crippen LogP contribution in [0.4, 0.5) is 0 Å². The molecule has 3 heteroatoms. The topological polar surface area (TPSA) is 29.5 Å². The number of quaternary nitrogens is 1. The van der Waals surface area contributed by atoms with E-state index in [0.717, 1.165) is 28.8 Å². The summed E-state index contributed by atoms with van der Waals surface area (Å²) >= 11 is 0. The van der Waals surface area contributed by atoms with Gasteiger partial charge in [-0.2, -0.15) is 0 Å². The van der Waals surface area contributed by atoms with Crippen molar-refractivity contribution in [3.8, 4) is 0 Å². The Bertz CT molecular complexity index is 379. The molecular weight excluding hydrogens is 286 g/mol. The number of aliphatic hydroxyl groups is 1. The Balaban J connectivity index is 1.30. The third kappa shape index (κ3) is 3.62. The number of rotatable bonds is 5. The molecule has 5 fully saturated rings. The zero-order chi connectivity index (χ0) is 15.9. The number of hydrogen-bond donors (Lipinski definition) is 1. The first kappa shape index (κ1) is 16.4. The predicted octanol–water partition coefficient (Wildman–Crippen LogP) is 3.35. The second kappa shape index (κ2) is 6.31. The van der Waals surface area contributed by atoms with Crippen LogP contribution in [-0.2, 0) is 4.74 Å². The summed E-state index contributed by atoms with van der Waals surface area (Å²) in [5, 5.41) is 10.6. The van der Waals surface area contributed by atoms with Crippen molar-refractivity contribution in [1.82, 2.24) is 0 Å². The fraction of sp³-hybridized carbons (Fsp3) is 1.00. The molecule has 4 saturated carbocycles. The molecule has 1 atom stereocenters. The molecule has 3 nitrogen and oxygen atoms in total. The number of hydrogen-bond acceptors (Lipinski definition) is 2. The summed E-state index contributed by atoms with van der Waals surface area (Å²) in [4.78, 5) is 0. The number of aliphatic hydroxyl groups excluding tert-OH is 1. The van der Waals surface area contributed by atoms with Crippen molar-refractivity contribution >= 4 is 0 Å². The average Bonchev–Trinajstić information content (AvgIpc) is 2.69. The largest absolute Gasteiger partial charge is 0.385 e. The average molecular weight is 323 g/mol. The molecule has 5 rings (SSSR count). The van der Waals surface area contributed by atoms with Gasteiger partial charge in [-0.15, -0.1) is 0 Å². The lowest BCUT2D eigenvalue weighted by Gasteiger charge is -2.56. The van der Waals surface area contributed by atoms with E-state index in [4.69, 9.17) is 4.74 Å². The highest BCUT2D eigenvalue weighted by molar-refractivity contribution is 5.03. The van der Waals surface area contributed by atoms with Crippen molar-refractivity contribution in [2.45, 2.75) is 75.9 Å². The van der Waals surface area contributed by atoms with Gasteiger partial charge in [0.1, 0.15) is 12.6 Å². The summed E-state index contributed by atoms with van der Waals surface area (Å²) in [5.74, 6) is 2.77. The molecule has 0 amide bonds. The fourth-order valence-corrected chi connectivity index (χ4v) is 6.68. The fourth-order valence-electron chi connectivity index (χ4n) is 6.68. The molecule has 132 valence electrons. The first-order valence-corrected chi connectivity index (χ1v) is 10.2. The zero-order valence-corrected chi connectivity index (χ0v) is 15.0. The van der Waals surface area contributed by atoms with Gasteiger partial charge in [0, 0.05) is 0 Å². The summed E-state index contributed by atoms with van der Waals surface area (Å²) in [7, 11) is 2.33. The van der Waals surface area contributed by atoms with Gasteiger partial charge in [-0.25, -0.2) is 0 Å². The zero-order valence-electron chi connectivity index (χ0n) is 15.0. The lowest BCUT2D eigenvalue weighted by molar-refractivity contribution is -0.911. The molecule has 0 spiro atoms. The van der Waals surface area contributed by atoms with Crippen molar-refractivity contribution in [1.29, 1.82) is 0 Å². The number of likely N-dealkylation sites (N-methyl/N-ethyl adjacent to an activating group) is 1. The normalized spacial score (nSPS) is 43.3. The van der Waals surface area contributed by atoms with Crippen LogP contribution < -0.4 is 0 Å². The van der Waals surface area contributed by atoms with Crippen LogP contribution in [0.5, 0.6) is 0 Å². The van der Waals surface area contributed by atoms with Crippen LogP contribution in [0.2, 0.25) is 0 Å². The highest BCUT2D eigenvalue weighted by atomic mass is 16.5. The smallest absolute Gasteiger partial charge is 0.126 e. The van der Waals surface area contributed by atoms with E-state index in [9.17, 15) is 5.11 Å². The van der Waals surface area contributed by atoms with Crippen LogP contribution >= 0.6 is 0 Å². The van der Waals surface area contributed by atoms with E-state index in [1.54, 1.807) is 0 Å². The Hall–Kier alpha value is -0.120. The number of nitrogens with zero attached hydrogens (tertiary/aromatic N) is 1. The summed E-state index contributed by atoms with van der Waals surface area (Å²) in [5.41, 5.74) is 0.146. The SMILES string of the molecule is C[N+]1(CC(O)COC23CC4CC(CC(C4)C2)C3)CCCCCC1. The summed E-state index contributed by atoms with van der Waals surface area (Å²) in [6.07, 6.45) is 13.3. The maximum Gasteiger partial charge on any atom is 0.126 e. The molecule has 5 aliphatic rings. The number of ether oxygens (including phenoxy) is 1. The second-order valence-corrected chi connectivity index (χ2v) is 9.73. The van der Waals surface area contributed by atoms with Gasteiger partial charge < -0.3 is 14.3 Å². The molecule has 1 N–H and O–H groups in total. The summed E-state index contributed by atoms with van der Waals surface area (Å²) < 4.78 is 7.51. The molecule has 4 aliphatic carbocycles. The highest BCUT2D eigenvalue weighted by Crippen LogP contribution is 2.57. The standard InChI is InChI=1S/C20H36NO2/c1-21(6-4-2-3-5-7-21)14-19(22)15-23-20-11-16-8-17(12-20)10-18(9-16)13-20/h16-19,22H,2-15H2,1H3/q+1. The van der Waals surface area contributed by atoms with E-state index >= 15 is 0 Å². The summed E-state index contributed by atoms with van der Waals surface area (Å²) in [6, 6.07) is 0. The maximum absolute atomic E-state index is 10.6. The van der Waals surface area contributed by atoms with Crippen molar-refractivity contribution in [2.75, 3.05) is 33.3 Å². The molecule has 1 unspecified atom stereocenters. The Labute approximate surface area is 142 Å². The quantitative estimate of drug-likeness (QED) is 0.787. The van der Waals surface area contributed by atoms with E-state index in [2.05, 4.69) is 7.05 Å². The van der Waals surface area contributed by atoms with Gasteiger partial charge in [-0.05, 0) is 82.0 Å². The molecule has 23 heavy (non-hydrogen) atoms. The van der Waals surface area contributed by atoms with Crippen LogP contribution in [0, 0.1) is 17.8 Å². The Morgan fingerprint density at radius 1 is 0.957 bits per heavy atom. The van der Waals surface area contributed by atoms with E-state index in [1.807, 2.05) is 0 Å². The van der Waals surface area contributed by atoms with Crippen LogP contribution in [0.3, 0.4) is 0 Å². The lowest BCUT2D eigenvalue weighted by atomic mass is 9.54. The van der Waals surface area contributed by atoms with E-state index in [-0.39, 0.29) is 11.7 Å². The van der Waals surface area contributed by atoms with Crippen LogP contribution in [0.15, 0.2) is 0 Å². The Kier molecular flexibility index (Phi) is 4.49. The molecular formula is C20H36NO2+. The molecule has 1 saturated heterocycles. The monoisotopic (exact) mass is 322 g/mol. The van der Waals surface area contributed by atoms with E-state index in [1.165, 1.54) is 77.3 Å². The maximum atomic E-state index is 10.6. The Morgan fingerprint density at radius 3 is 2.00 bits per heavy atom. The minimum atomic E-state index is -0.286. The molecule has 0 aromatic rings. The molecule has 1 aliphatic heterocycles. The second-order valence-electron chi connectivity index (χ2n) is 9.73. The van der Waals surface area contributed by atoms with Crippen molar-refractivity contribution in [3.05, 3.63) is 0 Å². The van der Waals surface area contributed by atoms with Crippen LogP contribution in [-0.4, -0.2) is 54.6 Å². The first-order chi connectivity index (χ1) is 11.0. The predicted molar refractivity (Wildman–Crippen MR) is 92.1 cm³/mol. The van der Waals surface area contributed by atoms with E-state index < -0.39 is 0 Å². The van der Waals surface area contributed by atoms with Gasteiger partial charge in [-0.3, -0.25) is 0 Å². The van der Waals surface area contributed by atoms with Crippen molar-refractivity contribution < 1.29 is 14.3 Å². The molecule has 0 radical (unpaired) electrons. The van der Waals surface area contributed by atoms with Crippen LogP contribution in [0.1, 0.15) is 64.2 Å². The summed E-state index contributed by atoms with van der Waals surface area (Å²) in [6.45, 7) is 3.91. The van der Waals surface area contributed by atoms with Gasteiger partial charge in [0.05, 0.1) is 32.3 Å². The van der Waals surface area contributed by atoms with E-state index in [0.29, 0.717) is 6.61 Å². The van der Waals surface area contributed by atoms with Crippen LogP contribution in [0.25, 0.3) is 0 Å². The minimum Gasteiger partial charge on any atom is -0.385 e. The van der Waals surface area contributed by atoms with Crippen molar-refractivity contribution in [2.24, 2.45) is 17.8 Å². The highest BCUT2D eigenvalue weighted by Gasteiger charge is 2.51. The third-order valence-corrected chi connectivity index (χ3v) is 7.36. The molecule has 0 aromatic heterocycles. The number of likely N-dealkylation sites (tertiary alicyclic amines) is 1. The molecule has 4 bridgehead atoms. The Morgan fingerprint density at radius 2 is 1.48 bits per heavy atom. The molecule has 0 aromatic carbocycles. The van der Waals surface area contributed by atoms with Gasteiger partial charge in [0.15, 0.2) is 0 Å². The van der Waals surface area contributed by atoms with Crippen molar-refractivity contribution in [3.63, 3.8) is 0 Å². The lowest BCUT2D eigenvalue weighted by Crippen LogP contribution is -2.54. The van der Waals surface area contributed by atoms with Gasteiger partial charge in [-0.1, -0.05) is 0 Å². The third-order valence-electron chi connectivity index (χ3n) is 7.36. The van der Waals surface area contributed by atoms with Gasteiger partial charge in [0.2, 0.25) is 0 Å². The van der Waals surface area contributed by atoms with Gasteiger partial charge in [0.25, 0.3) is 0 Å². The van der Waals surface area contributed by atoms with Gasteiger partial charge >= 0.3 is 0 Å². The molecule has 1 heterocycles. The first-order valence-electron chi connectivity index (χ1n) is 10.2.